The van der Waals surface area contributed by atoms with Gasteiger partial charge in [-0.1, -0.05) is 48.0 Å². The molecule has 156 valence electrons. The van der Waals surface area contributed by atoms with Crippen LogP contribution in [0.4, 0.5) is 5.69 Å². The molecule has 0 saturated carbocycles. The van der Waals surface area contributed by atoms with E-state index in [0.717, 1.165) is 29.0 Å². The molecule has 0 bridgehead atoms. The number of anilines is 1. The maximum absolute atomic E-state index is 12.7. The smallest absolute Gasteiger partial charge is 0.240 e. The molecule has 0 aliphatic carbocycles. The van der Waals surface area contributed by atoms with E-state index in [2.05, 4.69) is 17.4 Å². The van der Waals surface area contributed by atoms with Crippen LogP contribution in [-0.4, -0.2) is 46.9 Å². The predicted octanol–water partition coefficient (Wildman–Crippen LogP) is 2.63. The van der Waals surface area contributed by atoms with Crippen LogP contribution in [0.15, 0.2) is 54.6 Å². The highest BCUT2D eigenvalue weighted by Crippen LogP contribution is 2.34. The first-order valence-corrected chi connectivity index (χ1v) is 11.6. The molecule has 1 saturated heterocycles. The molecule has 1 amide bonds. The minimum atomic E-state index is -3.58. The Morgan fingerprint density at radius 1 is 1.07 bits per heavy atom. The van der Waals surface area contributed by atoms with Gasteiger partial charge in [-0.15, -0.1) is 0 Å². The Morgan fingerprint density at radius 2 is 1.69 bits per heavy atom. The number of amides is 1. The van der Waals surface area contributed by atoms with Gasteiger partial charge in [0.2, 0.25) is 15.9 Å². The molecule has 3 rings (SSSR count). The summed E-state index contributed by atoms with van der Waals surface area (Å²) in [4.78, 5) is 12.7. The van der Waals surface area contributed by atoms with E-state index < -0.39 is 10.0 Å². The number of ether oxygens (including phenoxy) is 1. The molecule has 0 aromatic heterocycles. The normalized spacial score (nSPS) is 16.2. The zero-order valence-electron chi connectivity index (χ0n) is 16.9. The van der Waals surface area contributed by atoms with Gasteiger partial charge < -0.3 is 10.1 Å². The largest absolute Gasteiger partial charge is 0.381 e. The number of carbonyl (C=O) groups is 1. The van der Waals surface area contributed by atoms with Crippen molar-refractivity contribution in [3.05, 3.63) is 65.7 Å². The SMILES string of the molecule is Cc1ccc(N(CC(=O)NCC2(c3ccccc3)CCOCC2)S(C)(=O)=O)cc1. The van der Waals surface area contributed by atoms with Crippen LogP contribution in [0.25, 0.3) is 0 Å². The average molecular weight is 417 g/mol. The Kier molecular flexibility index (Phi) is 6.59. The van der Waals surface area contributed by atoms with E-state index in [0.29, 0.717) is 25.4 Å². The van der Waals surface area contributed by atoms with Crippen LogP contribution < -0.4 is 9.62 Å². The van der Waals surface area contributed by atoms with Crippen molar-refractivity contribution >= 4 is 21.6 Å². The van der Waals surface area contributed by atoms with Crippen LogP contribution in [0.3, 0.4) is 0 Å². The number of rotatable bonds is 7. The minimum absolute atomic E-state index is 0.199. The van der Waals surface area contributed by atoms with E-state index in [-0.39, 0.29) is 17.9 Å². The maximum atomic E-state index is 12.7. The lowest BCUT2D eigenvalue weighted by Gasteiger charge is -2.38. The second kappa shape index (κ2) is 8.97. The average Bonchev–Trinajstić information content (AvgIpc) is 2.72. The Morgan fingerprint density at radius 3 is 2.28 bits per heavy atom. The van der Waals surface area contributed by atoms with Gasteiger partial charge in [0.15, 0.2) is 0 Å². The first-order chi connectivity index (χ1) is 13.8. The molecule has 7 heteroatoms. The van der Waals surface area contributed by atoms with Crippen LogP contribution >= 0.6 is 0 Å². The summed E-state index contributed by atoms with van der Waals surface area (Å²) in [7, 11) is -3.58. The molecule has 1 N–H and O–H groups in total. The Balaban J connectivity index is 1.73. The number of hydrogen-bond acceptors (Lipinski definition) is 4. The van der Waals surface area contributed by atoms with Gasteiger partial charge >= 0.3 is 0 Å². The Bertz CT molecular complexity index is 921. The Hall–Kier alpha value is -2.38. The molecule has 1 fully saturated rings. The number of nitrogens with one attached hydrogen (secondary N) is 1. The van der Waals surface area contributed by atoms with Gasteiger partial charge in [-0.3, -0.25) is 9.10 Å². The summed E-state index contributed by atoms with van der Waals surface area (Å²) in [6.45, 7) is 3.42. The number of hydrogen-bond donors (Lipinski definition) is 1. The van der Waals surface area contributed by atoms with E-state index in [1.807, 2.05) is 37.3 Å². The first-order valence-electron chi connectivity index (χ1n) is 9.75. The second-order valence-corrected chi connectivity index (χ2v) is 9.55. The van der Waals surface area contributed by atoms with Gasteiger partial charge in [-0.05, 0) is 37.5 Å². The summed E-state index contributed by atoms with van der Waals surface area (Å²) in [5.41, 5.74) is 2.48. The van der Waals surface area contributed by atoms with Crippen LogP contribution in [-0.2, 0) is 25.0 Å². The molecule has 1 heterocycles. The monoisotopic (exact) mass is 416 g/mol. The highest BCUT2D eigenvalue weighted by atomic mass is 32.2. The molecular formula is C22H28N2O4S. The van der Waals surface area contributed by atoms with Crippen molar-refractivity contribution in [2.45, 2.75) is 25.2 Å². The zero-order chi connectivity index (χ0) is 20.9. The molecule has 1 aliphatic heterocycles. The third-order valence-corrected chi connectivity index (χ3v) is 6.61. The fraction of sp³-hybridized carbons (Fsp3) is 0.409. The number of aryl methyl sites for hydroxylation is 1. The lowest BCUT2D eigenvalue weighted by atomic mass is 9.74. The number of nitrogens with zero attached hydrogens (tertiary/aromatic N) is 1. The van der Waals surface area contributed by atoms with Crippen molar-refractivity contribution < 1.29 is 17.9 Å². The molecule has 0 atom stereocenters. The standard InChI is InChI=1S/C22H28N2O4S/c1-18-8-10-20(11-9-18)24(29(2,26)27)16-21(25)23-17-22(12-14-28-15-13-22)19-6-4-3-5-7-19/h3-11H,12-17H2,1-2H3,(H,23,25). The van der Waals surface area contributed by atoms with Gasteiger partial charge in [0, 0.05) is 25.2 Å². The van der Waals surface area contributed by atoms with Gasteiger partial charge in [-0.2, -0.15) is 0 Å². The first kappa shape index (κ1) is 21.3. The van der Waals surface area contributed by atoms with Gasteiger partial charge in [0.25, 0.3) is 0 Å². The molecule has 1 aliphatic rings. The fourth-order valence-corrected chi connectivity index (χ4v) is 4.54. The summed E-state index contributed by atoms with van der Waals surface area (Å²) < 4.78 is 31.2. The highest BCUT2D eigenvalue weighted by molar-refractivity contribution is 7.92. The van der Waals surface area contributed by atoms with Crippen molar-refractivity contribution in [1.29, 1.82) is 0 Å². The van der Waals surface area contributed by atoms with Crippen molar-refractivity contribution in [2.24, 2.45) is 0 Å². The summed E-state index contributed by atoms with van der Waals surface area (Å²) in [6.07, 6.45) is 2.74. The van der Waals surface area contributed by atoms with E-state index in [1.165, 1.54) is 5.56 Å². The van der Waals surface area contributed by atoms with E-state index in [9.17, 15) is 13.2 Å². The van der Waals surface area contributed by atoms with Gasteiger partial charge in [0.1, 0.15) is 6.54 Å². The highest BCUT2D eigenvalue weighted by Gasteiger charge is 2.35. The van der Waals surface area contributed by atoms with Crippen molar-refractivity contribution in [1.82, 2.24) is 5.32 Å². The number of benzene rings is 2. The van der Waals surface area contributed by atoms with Gasteiger partial charge in [0.05, 0.1) is 11.9 Å². The van der Waals surface area contributed by atoms with Crippen molar-refractivity contribution in [3.63, 3.8) is 0 Å². The van der Waals surface area contributed by atoms with E-state index >= 15 is 0 Å². The summed E-state index contributed by atoms with van der Waals surface area (Å²) in [5, 5.41) is 2.97. The topological polar surface area (TPSA) is 75.7 Å². The van der Waals surface area contributed by atoms with Crippen molar-refractivity contribution in [3.8, 4) is 0 Å². The Labute approximate surface area is 172 Å². The molecule has 6 nitrogen and oxygen atoms in total. The molecule has 0 radical (unpaired) electrons. The van der Waals surface area contributed by atoms with E-state index in [4.69, 9.17) is 4.74 Å². The third-order valence-electron chi connectivity index (χ3n) is 5.47. The summed E-state index contributed by atoms with van der Waals surface area (Å²) in [5.74, 6) is -0.321. The molecular weight excluding hydrogens is 388 g/mol. The van der Waals surface area contributed by atoms with Crippen LogP contribution in [0.2, 0.25) is 0 Å². The van der Waals surface area contributed by atoms with E-state index in [1.54, 1.807) is 12.1 Å². The fourth-order valence-electron chi connectivity index (χ4n) is 3.69. The maximum Gasteiger partial charge on any atom is 0.240 e. The molecule has 0 spiro atoms. The summed E-state index contributed by atoms with van der Waals surface area (Å²) >= 11 is 0. The van der Waals surface area contributed by atoms with Crippen LogP contribution in [0.5, 0.6) is 0 Å². The molecule has 2 aromatic carbocycles. The minimum Gasteiger partial charge on any atom is -0.381 e. The lowest BCUT2D eigenvalue weighted by Crippen LogP contribution is -2.47. The number of sulfonamides is 1. The van der Waals surface area contributed by atoms with Gasteiger partial charge in [-0.25, -0.2) is 8.42 Å². The molecule has 29 heavy (non-hydrogen) atoms. The van der Waals surface area contributed by atoms with Crippen molar-refractivity contribution in [2.75, 3.05) is 36.9 Å². The third kappa shape index (κ3) is 5.36. The van der Waals surface area contributed by atoms with Crippen LogP contribution in [0.1, 0.15) is 24.0 Å². The zero-order valence-corrected chi connectivity index (χ0v) is 17.7. The lowest BCUT2D eigenvalue weighted by molar-refractivity contribution is -0.120. The molecule has 2 aromatic rings. The number of carbonyl (C=O) groups excluding carboxylic acids is 1. The summed E-state index contributed by atoms with van der Waals surface area (Å²) in [6, 6.07) is 17.2. The van der Waals surface area contributed by atoms with Crippen LogP contribution in [0, 0.1) is 6.92 Å². The molecule has 0 unspecified atom stereocenters. The quantitative estimate of drug-likeness (QED) is 0.753. The predicted molar refractivity (Wildman–Crippen MR) is 115 cm³/mol. The second-order valence-electron chi connectivity index (χ2n) is 7.64.